The van der Waals surface area contributed by atoms with Crippen LogP contribution in [0.1, 0.15) is 44.6 Å². The molecule has 23 heavy (non-hydrogen) atoms. The lowest BCUT2D eigenvalue weighted by Crippen LogP contribution is -2.49. The van der Waals surface area contributed by atoms with Crippen molar-refractivity contribution in [2.24, 2.45) is 5.92 Å². The molecule has 2 heterocycles. The van der Waals surface area contributed by atoms with E-state index in [9.17, 15) is 4.79 Å². The molecule has 5 heteroatoms. The third kappa shape index (κ3) is 3.24. The van der Waals surface area contributed by atoms with Gasteiger partial charge in [-0.1, -0.05) is 29.3 Å². The number of carbonyl (C=O) groups is 1. The Morgan fingerprint density at radius 2 is 2.00 bits per heavy atom. The van der Waals surface area contributed by atoms with Gasteiger partial charge in [0.15, 0.2) is 0 Å². The number of rotatable bonds is 3. The Morgan fingerprint density at radius 3 is 2.65 bits per heavy atom. The van der Waals surface area contributed by atoms with E-state index in [2.05, 4.69) is 11.9 Å². The number of hydrogen-bond donors (Lipinski definition) is 0. The lowest BCUT2D eigenvalue weighted by Gasteiger charge is -2.42. The van der Waals surface area contributed by atoms with Gasteiger partial charge in [-0.3, -0.25) is 9.69 Å². The van der Waals surface area contributed by atoms with E-state index in [1.54, 1.807) is 0 Å². The van der Waals surface area contributed by atoms with Gasteiger partial charge in [0.25, 0.3) is 0 Å². The van der Waals surface area contributed by atoms with Gasteiger partial charge in [-0.2, -0.15) is 0 Å². The van der Waals surface area contributed by atoms with Crippen LogP contribution in [0.25, 0.3) is 0 Å². The van der Waals surface area contributed by atoms with Crippen molar-refractivity contribution in [2.45, 2.75) is 57.2 Å². The van der Waals surface area contributed by atoms with E-state index in [1.807, 2.05) is 32.0 Å². The van der Waals surface area contributed by atoms with Gasteiger partial charge in [0.05, 0.1) is 22.1 Å². The average Bonchev–Trinajstić information content (AvgIpc) is 2.72. The topological polar surface area (TPSA) is 29.5 Å². The highest BCUT2D eigenvalue weighted by atomic mass is 35.5. The molecule has 0 saturated carbocycles. The molecule has 2 bridgehead atoms. The summed E-state index contributed by atoms with van der Waals surface area (Å²) in [6, 6.07) is 6.51. The second-order valence-electron chi connectivity index (χ2n) is 6.99. The van der Waals surface area contributed by atoms with Crippen LogP contribution in [-0.2, 0) is 9.53 Å². The third-order valence-corrected chi connectivity index (χ3v) is 6.00. The Bertz CT molecular complexity index is 605. The van der Waals surface area contributed by atoms with Crippen molar-refractivity contribution >= 4 is 29.2 Å². The second kappa shape index (κ2) is 6.62. The number of hydrogen-bond acceptors (Lipinski definition) is 3. The SMILES string of the molecule is CC(C)OC(=O)[C@H]1[C@@H](c2ccc(Cl)c(Cl)c2)C[C@@H]2CC[C@H]1N2C. The lowest BCUT2D eigenvalue weighted by molar-refractivity contribution is -0.157. The summed E-state index contributed by atoms with van der Waals surface area (Å²) in [7, 11) is 2.13. The maximum atomic E-state index is 12.8. The molecule has 2 fully saturated rings. The summed E-state index contributed by atoms with van der Waals surface area (Å²) in [6.07, 6.45) is 3.06. The van der Waals surface area contributed by atoms with Crippen LogP contribution in [0.5, 0.6) is 0 Å². The molecule has 2 aliphatic heterocycles. The Morgan fingerprint density at radius 1 is 1.26 bits per heavy atom. The molecule has 0 aliphatic carbocycles. The van der Waals surface area contributed by atoms with Gasteiger partial charge in [-0.05, 0) is 57.9 Å². The summed E-state index contributed by atoms with van der Waals surface area (Å²) in [6.45, 7) is 3.80. The zero-order valence-corrected chi connectivity index (χ0v) is 15.3. The smallest absolute Gasteiger partial charge is 0.311 e. The molecular formula is C18H23Cl2NO2. The van der Waals surface area contributed by atoms with Gasteiger partial charge < -0.3 is 4.74 Å². The van der Waals surface area contributed by atoms with Crippen molar-refractivity contribution in [1.29, 1.82) is 0 Å². The molecule has 0 aromatic heterocycles. The third-order valence-electron chi connectivity index (χ3n) is 5.26. The maximum Gasteiger partial charge on any atom is 0.311 e. The lowest BCUT2D eigenvalue weighted by atomic mass is 9.76. The minimum atomic E-state index is -0.140. The molecule has 2 saturated heterocycles. The summed E-state index contributed by atoms with van der Waals surface area (Å²) >= 11 is 12.3. The quantitative estimate of drug-likeness (QED) is 0.747. The summed E-state index contributed by atoms with van der Waals surface area (Å²) in [5, 5.41) is 1.10. The Kier molecular flexibility index (Phi) is 4.91. The second-order valence-corrected chi connectivity index (χ2v) is 7.81. The number of benzene rings is 1. The van der Waals surface area contributed by atoms with Crippen molar-refractivity contribution in [2.75, 3.05) is 7.05 Å². The molecular weight excluding hydrogens is 333 g/mol. The normalized spacial score (nSPS) is 30.7. The molecule has 4 atom stereocenters. The molecule has 0 radical (unpaired) electrons. The fourth-order valence-corrected chi connectivity index (χ4v) is 4.49. The number of halogens is 2. The van der Waals surface area contributed by atoms with E-state index in [4.69, 9.17) is 27.9 Å². The predicted molar refractivity (Wildman–Crippen MR) is 93.1 cm³/mol. The molecule has 0 amide bonds. The summed E-state index contributed by atoms with van der Waals surface area (Å²) in [5.41, 5.74) is 1.09. The van der Waals surface area contributed by atoms with Crippen molar-refractivity contribution in [3.63, 3.8) is 0 Å². The highest BCUT2D eigenvalue weighted by Crippen LogP contribution is 2.47. The van der Waals surface area contributed by atoms with Crippen LogP contribution in [0, 0.1) is 5.92 Å². The van der Waals surface area contributed by atoms with Crippen molar-refractivity contribution in [1.82, 2.24) is 4.90 Å². The molecule has 0 unspecified atom stereocenters. The van der Waals surface area contributed by atoms with Gasteiger partial charge >= 0.3 is 5.97 Å². The first-order valence-corrected chi connectivity index (χ1v) is 9.01. The van der Waals surface area contributed by atoms with Crippen molar-refractivity contribution < 1.29 is 9.53 Å². The molecule has 3 rings (SSSR count). The molecule has 1 aromatic rings. The van der Waals surface area contributed by atoms with E-state index in [-0.39, 0.29) is 30.0 Å². The monoisotopic (exact) mass is 355 g/mol. The molecule has 126 valence electrons. The number of piperidine rings is 1. The van der Waals surface area contributed by atoms with Crippen LogP contribution in [0.15, 0.2) is 18.2 Å². The largest absolute Gasteiger partial charge is 0.463 e. The summed E-state index contributed by atoms with van der Waals surface area (Å²) < 4.78 is 5.57. The minimum Gasteiger partial charge on any atom is -0.463 e. The highest BCUT2D eigenvalue weighted by Gasteiger charge is 2.49. The van der Waals surface area contributed by atoms with Gasteiger partial charge in [0.1, 0.15) is 0 Å². The predicted octanol–water partition coefficient (Wildman–Crippen LogP) is 4.51. The average molecular weight is 356 g/mol. The molecule has 3 nitrogen and oxygen atoms in total. The first-order valence-electron chi connectivity index (χ1n) is 8.26. The van der Waals surface area contributed by atoms with Crippen LogP contribution in [-0.4, -0.2) is 36.1 Å². The number of esters is 1. The molecule has 0 spiro atoms. The van der Waals surface area contributed by atoms with Crippen LogP contribution < -0.4 is 0 Å². The summed E-state index contributed by atoms with van der Waals surface area (Å²) in [4.78, 5) is 15.1. The van der Waals surface area contributed by atoms with E-state index >= 15 is 0 Å². The van der Waals surface area contributed by atoms with E-state index in [0.717, 1.165) is 24.8 Å². The van der Waals surface area contributed by atoms with Crippen molar-refractivity contribution in [3.05, 3.63) is 33.8 Å². The first-order chi connectivity index (χ1) is 10.9. The minimum absolute atomic E-state index is 0.0896. The number of ether oxygens (including phenoxy) is 1. The van der Waals surface area contributed by atoms with E-state index < -0.39 is 0 Å². The number of nitrogens with zero attached hydrogens (tertiary/aromatic N) is 1. The van der Waals surface area contributed by atoms with Crippen LogP contribution in [0.2, 0.25) is 10.0 Å². The fraction of sp³-hybridized carbons (Fsp3) is 0.611. The van der Waals surface area contributed by atoms with Gasteiger partial charge in [0.2, 0.25) is 0 Å². The van der Waals surface area contributed by atoms with Crippen LogP contribution >= 0.6 is 23.2 Å². The summed E-state index contributed by atoms with van der Waals surface area (Å²) in [5.74, 6) is -0.0867. The first kappa shape index (κ1) is 17.1. The zero-order chi connectivity index (χ0) is 16.7. The number of carbonyl (C=O) groups excluding carboxylic acids is 1. The van der Waals surface area contributed by atoms with Crippen LogP contribution in [0.4, 0.5) is 0 Å². The Balaban J connectivity index is 1.95. The molecule has 0 N–H and O–H groups in total. The van der Waals surface area contributed by atoms with E-state index in [0.29, 0.717) is 16.1 Å². The van der Waals surface area contributed by atoms with Crippen molar-refractivity contribution in [3.8, 4) is 0 Å². The fourth-order valence-electron chi connectivity index (χ4n) is 4.18. The van der Waals surface area contributed by atoms with E-state index in [1.165, 1.54) is 0 Å². The highest BCUT2D eigenvalue weighted by molar-refractivity contribution is 6.42. The van der Waals surface area contributed by atoms with Crippen LogP contribution in [0.3, 0.4) is 0 Å². The Labute approximate surface area is 147 Å². The van der Waals surface area contributed by atoms with Gasteiger partial charge in [0, 0.05) is 18.0 Å². The molecule has 2 aliphatic rings. The number of fused-ring (bicyclic) bond motifs is 2. The van der Waals surface area contributed by atoms with Gasteiger partial charge in [-0.25, -0.2) is 0 Å². The maximum absolute atomic E-state index is 12.8. The standard InChI is InChI=1S/C18H23Cl2NO2/c1-10(2)23-18(22)17-13(9-12-5-7-16(17)21(12)3)11-4-6-14(19)15(20)8-11/h4,6,8,10,12-13,16-17H,5,7,9H2,1-3H3/t12-,13+,16+,17-/m0/s1. The molecule has 1 aromatic carbocycles. The zero-order valence-electron chi connectivity index (χ0n) is 13.8. The Hall–Kier alpha value is -0.770. The van der Waals surface area contributed by atoms with Gasteiger partial charge in [-0.15, -0.1) is 0 Å².